The highest BCUT2D eigenvalue weighted by atomic mass is 32.2. The van der Waals surface area contributed by atoms with Crippen molar-refractivity contribution >= 4 is 23.8 Å². The number of nitrogens with one attached hydrogen (secondary N) is 1. The van der Waals surface area contributed by atoms with Crippen LogP contribution >= 0.6 is 11.8 Å². The van der Waals surface area contributed by atoms with Crippen LogP contribution in [0.2, 0.25) is 0 Å². The highest BCUT2D eigenvalue weighted by Gasteiger charge is 2.39. The van der Waals surface area contributed by atoms with E-state index in [4.69, 9.17) is 0 Å². The van der Waals surface area contributed by atoms with Gasteiger partial charge in [-0.1, -0.05) is 31.2 Å². The number of carboxylic acids is 1. The molecule has 0 saturated carbocycles. The Morgan fingerprint density at radius 2 is 2.05 bits per heavy atom. The maximum absolute atomic E-state index is 12.3. The van der Waals surface area contributed by atoms with Gasteiger partial charge in [0, 0.05) is 12.3 Å². The Hall–Kier alpha value is -1.69. The predicted molar refractivity (Wildman–Crippen MR) is 83.2 cm³/mol. The smallest absolute Gasteiger partial charge is 0.327 e. The Kier molecular flexibility index (Phi) is 5.12. The Bertz CT molecular complexity index is 535. The lowest BCUT2D eigenvalue weighted by atomic mass is 10.1. The van der Waals surface area contributed by atoms with Crippen molar-refractivity contribution in [2.45, 2.75) is 38.2 Å². The summed E-state index contributed by atoms with van der Waals surface area (Å²) in [7, 11) is 0. The van der Waals surface area contributed by atoms with E-state index < -0.39 is 12.0 Å². The van der Waals surface area contributed by atoms with Crippen molar-refractivity contribution in [2.75, 3.05) is 5.75 Å². The number of rotatable bonds is 4. The van der Waals surface area contributed by atoms with Crippen LogP contribution in [0.15, 0.2) is 24.3 Å². The van der Waals surface area contributed by atoms with Crippen LogP contribution in [-0.2, 0) is 17.8 Å². The molecule has 2 unspecified atom stereocenters. The predicted octanol–water partition coefficient (Wildman–Crippen LogP) is 2.31. The van der Waals surface area contributed by atoms with Gasteiger partial charge in [-0.3, -0.25) is 4.90 Å². The molecule has 2 atom stereocenters. The molecule has 1 heterocycles. The number of hydrogen-bond donors (Lipinski definition) is 2. The quantitative estimate of drug-likeness (QED) is 0.895. The molecule has 6 heteroatoms. The molecule has 5 nitrogen and oxygen atoms in total. The van der Waals surface area contributed by atoms with Gasteiger partial charge in [-0.15, -0.1) is 11.8 Å². The average Bonchev–Trinajstić information content (AvgIpc) is 2.87. The third-order valence-corrected chi connectivity index (χ3v) is 4.89. The maximum atomic E-state index is 12.3. The third-order valence-electron chi connectivity index (χ3n) is 3.67. The molecule has 0 bridgehead atoms. The summed E-state index contributed by atoms with van der Waals surface area (Å²) in [5.41, 5.74) is 2.26. The molecular weight excluding hydrogens is 288 g/mol. The van der Waals surface area contributed by atoms with Crippen molar-refractivity contribution in [1.82, 2.24) is 10.2 Å². The number of hydrogen-bond acceptors (Lipinski definition) is 3. The van der Waals surface area contributed by atoms with Crippen LogP contribution in [0.3, 0.4) is 0 Å². The Labute approximate surface area is 128 Å². The van der Waals surface area contributed by atoms with E-state index in [0.717, 1.165) is 12.0 Å². The maximum Gasteiger partial charge on any atom is 0.327 e. The van der Waals surface area contributed by atoms with Gasteiger partial charge in [0.1, 0.15) is 6.04 Å². The van der Waals surface area contributed by atoms with Crippen molar-refractivity contribution in [2.24, 2.45) is 0 Å². The third kappa shape index (κ3) is 3.50. The van der Waals surface area contributed by atoms with Crippen molar-refractivity contribution in [1.29, 1.82) is 0 Å². The number of urea groups is 1. The van der Waals surface area contributed by atoms with Crippen LogP contribution in [0, 0.1) is 0 Å². The van der Waals surface area contributed by atoms with E-state index in [-0.39, 0.29) is 11.4 Å². The molecule has 0 aliphatic carbocycles. The molecule has 1 saturated heterocycles. The number of thioether (sulfide) groups is 1. The van der Waals surface area contributed by atoms with Crippen molar-refractivity contribution in [3.63, 3.8) is 0 Å². The second kappa shape index (κ2) is 6.85. The first kappa shape index (κ1) is 15.7. The number of amides is 2. The van der Waals surface area contributed by atoms with Gasteiger partial charge in [-0.2, -0.15) is 0 Å². The fraction of sp³-hybridized carbons (Fsp3) is 0.467. The standard InChI is InChI=1S/C15H20N2O3S/c1-3-11-6-4-5-7-12(11)8-16-15(20)17-10(2)21-9-13(17)14(18)19/h4-7,10,13H,3,8-9H2,1-2H3,(H,16,20)(H,18,19). The first-order valence-electron chi connectivity index (χ1n) is 7.02. The molecular formula is C15H20N2O3S. The molecule has 0 spiro atoms. The van der Waals surface area contributed by atoms with E-state index in [1.165, 1.54) is 22.2 Å². The second-order valence-corrected chi connectivity index (χ2v) is 6.32. The summed E-state index contributed by atoms with van der Waals surface area (Å²) in [6, 6.07) is 6.88. The van der Waals surface area contributed by atoms with E-state index >= 15 is 0 Å². The molecule has 2 rings (SSSR count). The molecule has 1 fully saturated rings. The molecule has 1 aromatic carbocycles. The molecule has 0 radical (unpaired) electrons. The Balaban J connectivity index is 2.02. The van der Waals surface area contributed by atoms with E-state index in [2.05, 4.69) is 12.2 Å². The van der Waals surface area contributed by atoms with E-state index in [9.17, 15) is 14.7 Å². The van der Waals surface area contributed by atoms with Crippen LogP contribution in [0.1, 0.15) is 25.0 Å². The number of carbonyl (C=O) groups excluding carboxylic acids is 1. The second-order valence-electron chi connectivity index (χ2n) is 4.97. The van der Waals surface area contributed by atoms with E-state index in [0.29, 0.717) is 12.3 Å². The summed E-state index contributed by atoms with van der Waals surface area (Å²) >= 11 is 1.48. The van der Waals surface area contributed by atoms with Gasteiger partial charge in [0.25, 0.3) is 0 Å². The minimum Gasteiger partial charge on any atom is -0.480 e. The normalized spacial score (nSPS) is 21.3. The first-order valence-corrected chi connectivity index (χ1v) is 8.06. The van der Waals surface area contributed by atoms with Gasteiger partial charge in [0.2, 0.25) is 0 Å². The van der Waals surface area contributed by atoms with Crippen molar-refractivity contribution in [3.8, 4) is 0 Å². The summed E-state index contributed by atoms with van der Waals surface area (Å²) in [6.45, 7) is 4.34. The Morgan fingerprint density at radius 1 is 1.38 bits per heavy atom. The van der Waals surface area contributed by atoms with Crippen molar-refractivity contribution < 1.29 is 14.7 Å². The molecule has 2 amide bonds. The monoisotopic (exact) mass is 308 g/mol. The molecule has 1 aromatic rings. The van der Waals surface area contributed by atoms with Crippen molar-refractivity contribution in [3.05, 3.63) is 35.4 Å². The zero-order valence-corrected chi connectivity index (χ0v) is 13.0. The van der Waals surface area contributed by atoms with E-state index in [1.807, 2.05) is 31.2 Å². The minimum absolute atomic E-state index is 0.118. The molecule has 1 aliphatic rings. The summed E-state index contributed by atoms with van der Waals surface area (Å²) in [6.07, 6.45) is 0.903. The summed E-state index contributed by atoms with van der Waals surface area (Å²) < 4.78 is 0. The zero-order valence-electron chi connectivity index (χ0n) is 12.2. The SMILES string of the molecule is CCc1ccccc1CNC(=O)N1C(C)SCC1C(=O)O. The average molecular weight is 308 g/mol. The number of carboxylic acid groups (broad SMARTS) is 1. The fourth-order valence-corrected chi connectivity index (χ4v) is 3.65. The molecule has 114 valence electrons. The largest absolute Gasteiger partial charge is 0.480 e. The Morgan fingerprint density at radius 3 is 2.67 bits per heavy atom. The lowest BCUT2D eigenvalue weighted by molar-refractivity contribution is -0.141. The number of carbonyl (C=O) groups is 2. The number of nitrogens with zero attached hydrogens (tertiary/aromatic N) is 1. The highest BCUT2D eigenvalue weighted by Crippen LogP contribution is 2.28. The summed E-state index contributed by atoms with van der Waals surface area (Å²) in [4.78, 5) is 24.9. The van der Waals surface area contributed by atoms with E-state index in [1.54, 1.807) is 0 Å². The van der Waals surface area contributed by atoms with Gasteiger partial charge in [-0.05, 0) is 24.5 Å². The first-order chi connectivity index (χ1) is 10.0. The zero-order chi connectivity index (χ0) is 15.4. The fourth-order valence-electron chi connectivity index (χ4n) is 2.48. The number of benzene rings is 1. The molecule has 2 N–H and O–H groups in total. The minimum atomic E-state index is -0.948. The van der Waals surface area contributed by atoms with Gasteiger partial charge in [0.05, 0.1) is 5.37 Å². The highest BCUT2D eigenvalue weighted by molar-refractivity contribution is 8.00. The number of aryl methyl sites for hydroxylation is 1. The molecule has 0 aromatic heterocycles. The van der Waals surface area contributed by atoms with Crippen LogP contribution in [0.5, 0.6) is 0 Å². The van der Waals surface area contributed by atoms with Gasteiger partial charge in [0.15, 0.2) is 0 Å². The van der Waals surface area contributed by atoms with Gasteiger partial charge >= 0.3 is 12.0 Å². The summed E-state index contributed by atoms with van der Waals surface area (Å²) in [5, 5.41) is 11.9. The lowest BCUT2D eigenvalue weighted by Gasteiger charge is -2.25. The molecule has 21 heavy (non-hydrogen) atoms. The topological polar surface area (TPSA) is 69.6 Å². The summed E-state index contributed by atoms with van der Waals surface area (Å²) in [5.74, 6) is -0.508. The van der Waals surface area contributed by atoms with Crippen LogP contribution in [-0.4, -0.2) is 39.2 Å². The van der Waals surface area contributed by atoms with Gasteiger partial charge < -0.3 is 10.4 Å². The van der Waals surface area contributed by atoms with Crippen LogP contribution < -0.4 is 5.32 Å². The number of aliphatic carboxylic acids is 1. The molecule has 1 aliphatic heterocycles. The van der Waals surface area contributed by atoms with Crippen LogP contribution in [0.4, 0.5) is 4.79 Å². The van der Waals surface area contributed by atoms with Gasteiger partial charge in [-0.25, -0.2) is 9.59 Å². The lowest BCUT2D eigenvalue weighted by Crippen LogP contribution is -2.49. The van der Waals surface area contributed by atoms with Crippen LogP contribution in [0.25, 0.3) is 0 Å².